The zero-order chi connectivity index (χ0) is 13.1. The number of nitrogens with zero attached hydrogens (tertiary/aromatic N) is 1. The molecule has 2 rings (SSSR count). The summed E-state index contributed by atoms with van der Waals surface area (Å²) in [6.45, 7) is 6.94. The second-order valence-electron chi connectivity index (χ2n) is 4.43. The fourth-order valence-electron chi connectivity index (χ4n) is 2.09. The molecule has 0 saturated heterocycles. The summed E-state index contributed by atoms with van der Waals surface area (Å²) in [6, 6.07) is 7.05. The molecule has 3 N–H and O–H groups in total. The molecule has 4 nitrogen and oxygen atoms in total. The standard InChI is InChI=1S/C14H19N3O/c1-3-17(4-2)9-11-8-14(18)12-7-10(15)5-6-13(12)16-11/h5-8H,3-4,9,15H2,1-2H3,(H,16,18). The van der Waals surface area contributed by atoms with Crippen LogP contribution in [0.25, 0.3) is 10.9 Å². The van der Waals surface area contributed by atoms with Crippen LogP contribution in [0.2, 0.25) is 0 Å². The van der Waals surface area contributed by atoms with Gasteiger partial charge >= 0.3 is 0 Å². The zero-order valence-electron chi connectivity index (χ0n) is 10.9. The number of nitrogen functional groups attached to an aromatic ring is 1. The summed E-state index contributed by atoms with van der Waals surface area (Å²) >= 11 is 0. The molecular weight excluding hydrogens is 226 g/mol. The molecule has 1 aromatic heterocycles. The Morgan fingerprint density at radius 3 is 2.61 bits per heavy atom. The van der Waals surface area contributed by atoms with E-state index >= 15 is 0 Å². The Labute approximate surface area is 106 Å². The first kappa shape index (κ1) is 12.6. The molecule has 0 saturated carbocycles. The van der Waals surface area contributed by atoms with Gasteiger partial charge in [0.1, 0.15) is 0 Å². The molecule has 0 bridgehead atoms. The van der Waals surface area contributed by atoms with E-state index in [0.717, 1.165) is 30.8 Å². The number of fused-ring (bicyclic) bond motifs is 1. The molecule has 1 aromatic carbocycles. The van der Waals surface area contributed by atoms with E-state index in [-0.39, 0.29) is 5.43 Å². The maximum Gasteiger partial charge on any atom is 0.189 e. The minimum absolute atomic E-state index is 0.0261. The topological polar surface area (TPSA) is 62.1 Å². The fourth-order valence-corrected chi connectivity index (χ4v) is 2.09. The second kappa shape index (κ2) is 5.23. The Bertz CT molecular complexity index is 600. The highest BCUT2D eigenvalue weighted by Crippen LogP contribution is 2.13. The first-order valence-corrected chi connectivity index (χ1v) is 6.27. The molecule has 0 unspecified atom stereocenters. The summed E-state index contributed by atoms with van der Waals surface area (Å²) in [6.07, 6.45) is 0. The number of H-pyrrole nitrogens is 1. The Hall–Kier alpha value is -1.81. The lowest BCUT2D eigenvalue weighted by Gasteiger charge is -2.18. The van der Waals surface area contributed by atoms with Crippen molar-refractivity contribution < 1.29 is 0 Å². The predicted octanol–water partition coefficient (Wildman–Crippen LogP) is 1.95. The van der Waals surface area contributed by atoms with Crippen LogP contribution in [0.4, 0.5) is 5.69 Å². The number of hydrogen-bond donors (Lipinski definition) is 2. The first-order valence-electron chi connectivity index (χ1n) is 6.27. The summed E-state index contributed by atoms with van der Waals surface area (Å²) in [5, 5.41) is 0.651. The van der Waals surface area contributed by atoms with Gasteiger partial charge in [-0.3, -0.25) is 9.69 Å². The first-order chi connectivity index (χ1) is 8.63. The van der Waals surface area contributed by atoms with Gasteiger partial charge in [0.15, 0.2) is 5.43 Å². The number of aromatic nitrogens is 1. The molecule has 4 heteroatoms. The molecule has 18 heavy (non-hydrogen) atoms. The van der Waals surface area contributed by atoms with Crippen LogP contribution in [0, 0.1) is 0 Å². The van der Waals surface area contributed by atoms with Gasteiger partial charge in [0.25, 0.3) is 0 Å². The van der Waals surface area contributed by atoms with Crippen LogP contribution in [0.3, 0.4) is 0 Å². The van der Waals surface area contributed by atoms with E-state index in [1.807, 2.05) is 6.07 Å². The molecule has 0 spiro atoms. The molecule has 0 atom stereocenters. The Kier molecular flexibility index (Phi) is 3.67. The van der Waals surface area contributed by atoms with E-state index in [9.17, 15) is 4.79 Å². The molecule has 0 amide bonds. The van der Waals surface area contributed by atoms with Crippen molar-refractivity contribution in [3.63, 3.8) is 0 Å². The summed E-state index contributed by atoms with van der Waals surface area (Å²) in [4.78, 5) is 17.6. The maximum atomic E-state index is 12.0. The van der Waals surface area contributed by atoms with Gasteiger partial charge in [-0.15, -0.1) is 0 Å². The summed E-state index contributed by atoms with van der Waals surface area (Å²) in [5.74, 6) is 0. The lowest BCUT2D eigenvalue weighted by Crippen LogP contribution is -2.23. The van der Waals surface area contributed by atoms with E-state index in [4.69, 9.17) is 5.73 Å². The lowest BCUT2D eigenvalue weighted by molar-refractivity contribution is 0.292. The molecule has 0 aliphatic carbocycles. The van der Waals surface area contributed by atoms with Crippen LogP contribution in [-0.4, -0.2) is 23.0 Å². The number of rotatable bonds is 4. The van der Waals surface area contributed by atoms with Gasteiger partial charge in [-0.05, 0) is 31.3 Å². The highest BCUT2D eigenvalue weighted by Gasteiger charge is 2.05. The van der Waals surface area contributed by atoms with E-state index in [0.29, 0.717) is 11.1 Å². The molecule has 0 fully saturated rings. The second-order valence-corrected chi connectivity index (χ2v) is 4.43. The lowest BCUT2D eigenvalue weighted by atomic mass is 10.1. The Morgan fingerprint density at radius 1 is 1.22 bits per heavy atom. The smallest absolute Gasteiger partial charge is 0.189 e. The van der Waals surface area contributed by atoms with Crippen molar-refractivity contribution in [3.05, 3.63) is 40.2 Å². The average molecular weight is 245 g/mol. The van der Waals surface area contributed by atoms with Gasteiger partial charge in [-0.1, -0.05) is 13.8 Å². The van der Waals surface area contributed by atoms with E-state index in [1.165, 1.54) is 0 Å². The van der Waals surface area contributed by atoms with Crippen LogP contribution in [0.1, 0.15) is 19.5 Å². The minimum Gasteiger partial charge on any atom is -0.399 e. The average Bonchev–Trinajstić information content (AvgIpc) is 2.37. The van der Waals surface area contributed by atoms with Crippen molar-refractivity contribution in [2.75, 3.05) is 18.8 Å². The molecule has 0 aliphatic heterocycles. The van der Waals surface area contributed by atoms with Gasteiger partial charge in [0.2, 0.25) is 0 Å². The Balaban J connectivity index is 2.43. The number of pyridine rings is 1. The van der Waals surface area contributed by atoms with E-state index in [1.54, 1.807) is 18.2 Å². The van der Waals surface area contributed by atoms with Gasteiger partial charge in [-0.2, -0.15) is 0 Å². The van der Waals surface area contributed by atoms with Crippen molar-refractivity contribution in [1.82, 2.24) is 9.88 Å². The number of hydrogen-bond acceptors (Lipinski definition) is 3. The van der Waals surface area contributed by atoms with Crippen LogP contribution >= 0.6 is 0 Å². The molecule has 96 valence electrons. The van der Waals surface area contributed by atoms with Crippen LogP contribution < -0.4 is 11.2 Å². The minimum atomic E-state index is 0.0261. The molecule has 0 radical (unpaired) electrons. The summed E-state index contributed by atoms with van der Waals surface area (Å²) in [5.41, 5.74) is 8.13. The van der Waals surface area contributed by atoms with Gasteiger partial charge in [-0.25, -0.2) is 0 Å². The number of benzene rings is 1. The molecule has 1 heterocycles. The largest absolute Gasteiger partial charge is 0.399 e. The van der Waals surface area contributed by atoms with Gasteiger partial charge in [0.05, 0.1) is 0 Å². The van der Waals surface area contributed by atoms with Crippen LogP contribution in [-0.2, 0) is 6.54 Å². The number of aromatic amines is 1. The van der Waals surface area contributed by atoms with E-state index < -0.39 is 0 Å². The highest BCUT2D eigenvalue weighted by atomic mass is 16.1. The Morgan fingerprint density at radius 2 is 1.94 bits per heavy atom. The number of anilines is 1. The monoisotopic (exact) mass is 245 g/mol. The number of nitrogens with one attached hydrogen (secondary N) is 1. The predicted molar refractivity (Wildman–Crippen MR) is 75.6 cm³/mol. The third-order valence-electron chi connectivity index (χ3n) is 3.20. The maximum absolute atomic E-state index is 12.0. The zero-order valence-corrected chi connectivity index (χ0v) is 10.9. The summed E-state index contributed by atoms with van der Waals surface area (Å²) < 4.78 is 0. The van der Waals surface area contributed by atoms with Gasteiger partial charge in [0, 0.05) is 34.9 Å². The van der Waals surface area contributed by atoms with Crippen molar-refractivity contribution >= 4 is 16.6 Å². The fraction of sp³-hybridized carbons (Fsp3) is 0.357. The third kappa shape index (κ3) is 2.54. The SMILES string of the molecule is CCN(CC)Cc1cc(=O)c2cc(N)ccc2[nH]1. The van der Waals surface area contributed by atoms with Crippen molar-refractivity contribution in [1.29, 1.82) is 0 Å². The number of nitrogens with two attached hydrogens (primary N) is 1. The molecule has 2 aromatic rings. The quantitative estimate of drug-likeness (QED) is 0.809. The van der Waals surface area contributed by atoms with Crippen molar-refractivity contribution in [2.45, 2.75) is 20.4 Å². The summed E-state index contributed by atoms with van der Waals surface area (Å²) in [7, 11) is 0. The third-order valence-corrected chi connectivity index (χ3v) is 3.20. The van der Waals surface area contributed by atoms with Gasteiger partial charge < -0.3 is 10.7 Å². The molecular formula is C14H19N3O. The van der Waals surface area contributed by atoms with Crippen LogP contribution in [0.5, 0.6) is 0 Å². The molecule has 0 aliphatic rings. The van der Waals surface area contributed by atoms with Crippen molar-refractivity contribution in [3.8, 4) is 0 Å². The van der Waals surface area contributed by atoms with Crippen molar-refractivity contribution in [2.24, 2.45) is 0 Å². The van der Waals surface area contributed by atoms with Crippen LogP contribution in [0.15, 0.2) is 29.1 Å². The normalized spacial score (nSPS) is 11.3. The highest BCUT2D eigenvalue weighted by molar-refractivity contribution is 5.81. The van der Waals surface area contributed by atoms with E-state index in [2.05, 4.69) is 23.7 Å².